The summed E-state index contributed by atoms with van der Waals surface area (Å²) in [7, 11) is 1.51. The molecule has 0 atom stereocenters. The Labute approximate surface area is 128 Å². The average molecular weight is 319 g/mol. The molecule has 0 spiro atoms. The van der Waals surface area contributed by atoms with E-state index in [1.807, 2.05) is 13.2 Å². The molecule has 4 nitrogen and oxygen atoms in total. The molecule has 0 heterocycles. The second kappa shape index (κ2) is 8.97. The second-order valence-electron chi connectivity index (χ2n) is 3.97. The zero-order valence-electron chi connectivity index (χ0n) is 11.9. The summed E-state index contributed by atoms with van der Waals surface area (Å²) >= 11 is 7.75. The van der Waals surface area contributed by atoms with Crippen molar-refractivity contribution in [3.8, 4) is 11.5 Å². The van der Waals surface area contributed by atoms with E-state index in [9.17, 15) is 4.79 Å². The summed E-state index contributed by atoms with van der Waals surface area (Å²) in [5, 5.41) is 0.342. The first-order valence-electron chi connectivity index (χ1n) is 6.30. The van der Waals surface area contributed by atoms with Gasteiger partial charge in [-0.1, -0.05) is 18.5 Å². The Kier molecular flexibility index (Phi) is 7.62. The molecule has 0 bridgehead atoms. The summed E-state index contributed by atoms with van der Waals surface area (Å²) < 4.78 is 15.9. The lowest BCUT2D eigenvalue weighted by atomic mass is 10.2. The molecule has 0 fully saturated rings. The van der Waals surface area contributed by atoms with Crippen molar-refractivity contribution in [1.29, 1.82) is 0 Å². The lowest BCUT2D eigenvalue weighted by Crippen LogP contribution is -2.09. The number of methoxy groups -OCH3 is 1. The molecule has 0 aromatic heterocycles. The van der Waals surface area contributed by atoms with Crippen molar-refractivity contribution in [3.05, 3.63) is 22.7 Å². The molecule has 0 aliphatic carbocycles. The Morgan fingerprint density at radius 1 is 1.35 bits per heavy atom. The van der Waals surface area contributed by atoms with E-state index in [1.165, 1.54) is 13.2 Å². The third-order valence-corrected chi connectivity index (χ3v) is 3.29. The van der Waals surface area contributed by atoms with Gasteiger partial charge in [0.25, 0.3) is 0 Å². The topological polar surface area (TPSA) is 44.8 Å². The monoisotopic (exact) mass is 318 g/mol. The molecule has 0 saturated carbocycles. The summed E-state index contributed by atoms with van der Waals surface area (Å²) in [4.78, 5) is 11.9. The van der Waals surface area contributed by atoms with Crippen LogP contribution in [0.2, 0.25) is 5.02 Å². The summed E-state index contributed by atoms with van der Waals surface area (Å²) in [6.45, 7) is 2.90. The van der Waals surface area contributed by atoms with Crippen molar-refractivity contribution in [2.75, 3.05) is 32.3 Å². The number of halogens is 1. The minimum atomic E-state index is -0.415. The highest BCUT2D eigenvalue weighted by Gasteiger charge is 2.16. The summed E-state index contributed by atoms with van der Waals surface area (Å²) in [5.74, 6) is 1.23. The van der Waals surface area contributed by atoms with E-state index in [2.05, 4.69) is 0 Å². The lowest BCUT2D eigenvalue weighted by Gasteiger charge is -2.13. The first kappa shape index (κ1) is 17.0. The molecule has 0 amide bonds. The van der Waals surface area contributed by atoms with Crippen LogP contribution in [0.3, 0.4) is 0 Å². The summed E-state index contributed by atoms with van der Waals surface area (Å²) in [5.41, 5.74) is 0.358. The minimum absolute atomic E-state index is 0.342. The molecule has 0 unspecified atom stereocenters. The Hall–Kier alpha value is -1.07. The van der Waals surface area contributed by atoms with Gasteiger partial charge in [-0.2, -0.15) is 11.8 Å². The number of benzene rings is 1. The van der Waals surface area contributed by atoms with E-state index >= 15 is 0 Å². The maximum Gasteiger partial charge on any atom is 0.338 e. The molecule has 0 aliphatic heterocycles. The van der Waals surface area contributed by atoms with E-state index in [-0.39, 0.29) is 0 Å². The molecule has 0 radical (unpaired) electrons. The van der Waals surface area contributed by atoms with Gasteiger partial charge in [0.2, 0.25) is 0 Å². The minimum Gasteiger partial charge on any atom is -0.493 e. The molecule has 112 valence electrons. The predicted octanol–water partition coefficient (Wildman–Crippen LogP) is 3.66. The number of esters is 1. The molecule has 20 heavy (non-hydrogen) atoms. The van der Waals surface area contributed by atoms with Crippen LogP contribution in [0.4, 0.5) is 0 Å². The van der Waals surface area contributed by atoms with Gasteiger partial charge in [-0.25, -0.2) is 4.79 Å². The van der Waals surface area contributed by atoms with Gasteiger partial charge in [0.1, 0.15) is 6.61 Å². The molecule has 0 N–H and O–H groups in total. The molecule has 0 aliphatic rings. The summed E-state index contributed by atoms with van der Waals surface area (Å²) in [6.07, 6.45) is 2.81. The Morgan fingerprint density at radius 2 is 2.10 bits per heavy atom. The number of hydrogen-bond acceptors (Lipinski definition) is 5. The highest BCUT2D eigenvalue weighted by atomic mass is 35.5. The number of carbonyl (C=O) groups is 1. The van der Waals surface area contributed by atoms with Crippen LogP contribution in [0, 0.1) is 0 Å². The normalized spacial score (nSPS) is 10.2. The Balaban J connectivity index is 2.89. The van der Waals surface area contributed by atoms with Crippen LogP contribution in [0.15, 0.2) is 12.1 Å². The fraction of sp³-hybridized carbons (Fsp3) is 0.500. The zero-order chi connectivity index (χ0) is 15.0. The van der Waals surface area contributed by atoms with E-state index in [4.69, 9.17) is 25.8 Å². The summed E-state index contributed by atoms with van der Waals surface area (Å²) in [6, 6.07) is 3.12. The molecule has 1 aromatic carbocycles. The van der Waals surface area contributed by atoms with Crippen LogP contribution in [0.25, 0.3) is 0 Å². The standard InChI is InChI=1S/C14H19ClO4S/c1-4-5-18-13-11(15)8-10(9-12(13)17-2)14(16)19-6-7-20-3/h8-9H,4-7H2,1-3H3. The highest BCUT2D eigenvalue weighted by molar-refractivity contribution is 7.98. The smallest absolute Gasteiger partial charge is 0.338 e. The van der Waals surface area contributed by atoms with Gasteiger partial charge in [0, 0.05) is 5.75 Å². The first-order chi connectivity index (χ1) is 9.63. The Bertz CT molecular complexity index is 451. The van der Waals surface area contributed by atoms with Crippen molar-refractivity contribution in [2.45, 2.75) is 13.3 Å². The van der Waals surface area contributed by atoms with Gasteiger partial charge < -0.3 is 14.2 Å². The number of ether oxygens (including phenoxy) is 3. The van der Waals surface area contributed by atoms with Gasteiger partial charge in [0.15, 0.2) is 11.5 Å². The van der Waals surface area contributed by atoms with Crippen LogP contribution in [0.5, 0.6) is 11.5 Å². The van der Waals surface area contributed by atoms with Crippen molar-refractivity contribution in [2.24, 2.45) is 0 Å². The van der Waals surface area contributed by atoms with E-state index in [1.54, 1.807) is 17.8 Å². The van der Waals surface area contributed by atoms with Crippen molar-refractivity contribution in [1.82, 2.24) is 0 Å². The number of rotatable bonds is 8. The van der Waals surface area contributed by atoms with E-state index in [0.717, 1.165) is 12.2 Å². The van der Waals surface area contributed by atoms with Gasteiger partial charge in [0.05, 0.1) is 24.3 Å². The third-order valence-electron chi connectivity index (χ3n) is 2.44. The molecular formula is C14H19ClO4S. The Morgan fingerprint density at radius 3 is 2.70 bits per heavy atom. The van der Waals surface area contributed by atoms with Crippen LogP contribution in [-0.4, -0.2) is 38.3 Å². The molecule has 1 aromatic rings. The maximum atomic E-state index is 11.9. The molecular weight excluding hydrogens is 300 g/mol. The number of hydrogen-bond donors (Lipinski definition) is 0. The predicted molar refractivity (Wildman–Crippen MR) is 82.5 cm³/mol. The maximum absolute atomic E-state index is 11.9. The fourth-order valence-corrected chi connectivity index (χ4v) is 2.00. The lowest BCUT2D eigenvalue weighted by molar-refractivity contribution is 0.0530. The average Bonchev–Trinajstić information content (AvgIpc) is 2.45. The first-order valence-corrected chi connectivity index (χ1v) is 8.07. The van der Waals surface area contributed by atoms with Crippen LogP contribution in [0.1, 0.15) is 23.7 Å². The van der Waals surface area contributed by atoms with Crippen LogP contribution in [-0.2, 0) is 4.74 Å². The van der Waals surface area contributed by atoms with Crippen molar-refractivity contribution < 1.29 is 19.0 Å². The van der Waals surface area contributed by atoms with Gasteiger partial charge in [-0.05, 0) is 24.8 Å². The van der Waals surface area contributed by atoms with Crippen molar-refractivity contribution in [3.63, 3.8) is 0 Å². The van der Waals surface area contributed by atoms with Crippen LogP contribution >= 0.6 is 23.4 Å². The molecule has 6 heteroatoms. The van der Waals surface area contributed by atoms with Gasteiger partial charge in [-0.15, -0.1) is 0 Å². The zero-order valence-corrected chi connectivity index (χ0v) is 13.5. The number of carbonyl (C=O) groups excluding carboxylic acids is 1. The van der Waals surface area contributed by atoms with Gasteiger partial charge >= 0.3 is 5.97 Å². The van der Waals surface area contributed by atoms with Crippen molar-refractivity contribution >= 4 is 29.3 Å². The van der Waals surface area contributed by atoms with E-state index in [0.29, 0.717) is 35.3 Å². The fourth-order valence-electron chi connectivity index (χ4n) is 1.48. The van der Waals surface area contributed by atoms with Crippen LogP contribution < -0.4 is 9.47 Å². The van der Waals surface area contributed by atoms with E-state index < -0.39 is 5.97 Å². The molecule has 0 saturated heterocycles. The second-order valence-corrected chi connectivity index (χ2v) is 5.36. The largest absolute Gasteiger partial charge is 0.493 e. The highest BCUT2D eigenvalue weighted by Crippen LogP contribution is 2.36. The third kappa shape index (κ3) is 4.80. The number of thioether (sulfide) groups is 1. The molecule has 1 rings (SSSR count). The quantitative estimate of drug-likeness (QED) is 0.540. The SMILES string of the molecule is CCCOc1c(Cl)cc(C(=O)OCCSC)cc1OC. The van der Waals surface area contributed by atoms with Gasteiger partial charge in [-0.3, -0.25) is 0 Å².